The minimum Gasteiger partial charge on any atom is -0.340 e. The number of amides is 1. The molecule has 1 fully saturated rings. The molecule has 24 heavy (non-hydrogen) atoms. The van der Waals surface area contributed by atoms with Crippen LogP contribution in [0.3, 0.4) is 0 Å². The number of carbonyl (C=O) groups is 1. The van der Waals surface area contributed by atoms with Gasteiger partial charge in [0.15, 0.2) is 0 Å². The molecule has 0 bridgehead atoms. The highest BCUT2D eigenvalue weighted by molar-refractivity contribution is 9.10. The van der Waals surface area contributed by atoms with Gasteiger partial charge in [-0.2, -0.15) is 0 Å². The van der Waals surface area contributed by atoms with E-state index in [1.807, 2.05) is 42.2 Å². The molecule has 2 heterocycles. The lowest BCUT2D eigenvalue weighted by Crippen LogP contribution is -2.37. The van der Waals surface area contributed by atoms with E-state index < -0.39 is 0 Å². The number of halogens is 1. The number of carbonyl (C=O) groups excluding carboxylic acids is 1. The number of rotatable bonds is 3. The third kappa shape index (κ3) is 3.96. The summed E-state index contributed by atoms with van der Waals surface area (Å²) in [5.74, 6) is 1.53. The van der Waals surface area contributed by atoms with E-state index in [1.165, 1.54) is 5.56 Å². The largest absolute Gasteiger partial charge is 0.340 e. The normalized spacial score (nSPS) is 15.4. The average Bonchev–Trinajstić information content (AvgIpc) is 2.59. The number of pyridine rings is 1. The van der Waals surface area contributed by atoms with Crippen LogP contribution in [-0.2, 0) is 0 Å². The molecule has 1 aromatic heterocycles. The fourth-order valence-corrected chi connectivity index (χ4v) is 3.19. The zero-order chi connectivity index (χ0) is 17.1. The quantitative estimate of drug-likeness (QED) is 0.824. The molecule has 4 nitrogen and oxygen atoms in total. The van der Waals surface area contributed by atoms with E-state index in [1.54, 1.807) is 6.20 Å². The van der Waals surface area contributed by atoms with Crippen LogP contribution in [-0.4, -0.2) is 28.9 Å². The van der Waals surface area contributed by atoms with Gasteiger partial charge < -0.3 is 10.2 Å². The third-order valence-electron chi connectivity index (χ3n) is 4.53. The van der Waals surface area contributed by atoms with Crippen LogP contribution in [0.5, 0.6) is 0 Å². The minimum absolute atomic E-state index is 0.0824. The van der Waals surface area contributed by atoms with Crippen LogP contribution in [0, 0.1) is 12.8 Å². The molecule has 0 unspecified atom stereocenters. The molecule has 1 aliphatic rings. The van der Waals surface area contributed by atoms with E-state index in [0.29, 0.717) is 11.5 Å². The first-order valence-electron chi connectivity index (χ1n) is 8.31. The first-order valence-corrected chi connectivity index (χ1v) is 9.11. The lowest BCUT2D eigenvalue weighted by molar-refractivity contribution is 0.0697. The Labute approximate surface area is 151 Å². The summed E-state index contributed by atoms with van der Waals surface area (Å²) in [7, 11) is 0. The predicted molar refractivity (Wildman–Crippen MR) is 101 cm³/mol. The smallest absolute Gasteiger partial charge is 0.255 e. The lowest BCUT2D eigenvalue weighted by Gasteiger charge is -2.30. The van der Waals surface area contributed by atoms with E-state index in [0.717, 1.165) is 41.9 Å². The highest BCUT2D eigenvalue weighted by Crippen LogP contribution is 2.23. The third-order valence-corrected chi connectivity index (χ3v) is 5.38. The molecule has 0 aliphatic carbocycles. The van der Waals surface area contributed by atoms with Gasteiger partial charge in [0.1, 0.15) is 5.82 Å². The van der Waals surface area contributed by atoms with Crippen LogP contribution in [0.4, 0.5) is 11.5 Å². The van der Waals surface area contributed by atoms with Crippen LogP contribution >= 0.6 is 15.9 Å². The van der Waals surface area contributed by atoms with Crippen molar-refractivity contribution < 1.29 is 4.79 Å². The van der Waals surface area contributed by atoms with Crippen molar-refractivity contribution in [1.29, 1.82) is 0 Å². The number of aromatic nitrogens is 1. The summed E-state index contributed by atoms with van der Waals surface area (Å²) in [6, 6.07) is 9.77. The Bertz CT molecular complexity index is 722. The monoisotopic (exact) mass is 387 g/mol. The van der Waals surface area contributed by atoms with Crippen LogP contribution in [0.2, 0.25) is 0 Å². The Kier molecular flexibility index (Phi) is 5.19. The number of benzene rings is 1. The van der Waals surface area contributed by atoms with Crippen molar-refractivity contribution in [3.63, 3.8) is 0 Å². The van der Waals surface area contributed by atoms with Gasteiger partial charge in [0.2, 0.25) is 0 Å². The van der Waals surface area contributed by atoms with Gasteiger partial charge in [-0.05, 0) is 55.5 Å². The maximum absolute atomic E-state index is 12.5. The molecule has 0 saturated carbocycles. The molecule has 1 N–H and O–H groups in total. The first kappa shape index (κ1) is 17.0. The fourth-order valence-electron chi connectivity index (χ4n) is 2.81. The first-order chi connectivity index (χ1) is 11.5. The number of hydrogen-bond donors (Lipinski definition) is 1. The van der Waals surface area contributed by atoms with E-state index in [9.17, 15) is 4.79 Å². The molecule has 1 aromatic carbocycles. The van der Waals surface area contributed by atoms with Crippen molar-refractivity contribution in [2.45, 2.75) is 26.7 Å². The van der Waals surface area contributed by atoms with Crippen molar-refractivity contribution in [1.82, 2.24) is 9.88 Å². The van der Waals surface area contributed by atoms with E-state index in [2.05, 4.69) is 33.2 Å². The summed E-state index contributed by atoms with van der Waals surface area (Å²) >= 11 is 3.53. The molecule has 1 saturated heterocycles. The van der Waals surface area contributed by atoms with Crippen molar-refractivity contribution in [2.24, 2.45) is 5.92 Å². The van der Waals surface area contributed by atoms with E-state index >= 15 is 0 Å². The molecule has 1 aliphatic heterocycles. The fraction of sp³-hybridized carbons (Fsp3) is 0.368. The molecule has 2 aromatic rings. The SMILES string of the molecule is Cc1ccc(Nc2ccc(C(=O)N3CCC(C)CC3)cn2)cc1Br. The van der Waals surface area contributed by atoms with Crippen LogP contribution in [0.15, 0.2) is 41.0 Å². The van der Waals surface area contributed by atoms with Crippen LogP contribution < -0.4 is 5.32 Å². The van der Waals surface area contributed by atoms with Crippen molar-refractivity contribution in [2.75, 3.05) is 18.4 Å². The summed E-state index contributed by atoms with van der Waals surface area (Å²) in [6.45, 7) is 5.98. The lowest BCUT2D eigenvalue weighted by atomic mass is 9.99. The predicted octanol–water partition coefficient (Wildman–Crippen LogP) is 4.77. The second-order valence-corrected chi connectivity index (χ2v) is 7.35. The number of nitrogens with zero attached hydrogens (tertiary/aromatic N) is 2. The average molecular weight is 388 g/mol. The molecular weight excluding hydrogens is 366 g/mol. The second-order valence-electron chi connectivity index (χ2n) is 6.50. The molecule has 126 valence electrons. The van der Waals surface area contributed by atoms with E-state index in [4.69, 9.17) is 0 Å². The van der Waals surface area contributed by atoms with E-state index in [-0.39, 0.29) is 5.91 Å². The van der Waals surface area contributed by atoms with Gasteiger partial charge in [-0.25, -0.2) is 4.98 Å². The van der Waals surface area contributed by atoms with Gasteiger partial charge >= 0.3 is 0 Å². The van der Waals surface area contributed by atoms with Gasteiger partial charge in [0.05, 0.1) is 5.56 Å². The number of nitrogens with one attached hydrogen (secondary N) is 1. The van der Waals surface area contributed by atoms with Gasteiger partial charge in [-0.15, -0.1) is 0 Å². The summed E-state index contributed by atoms with van der Waals surface area (Å²) in [5, 5.41) is 3.26. The van der Waals surface area contributed by atoms with Gasteiger partial charge in [0.25, 0.3) is 5.91 Å². The maximum atomic E-state index is 12.5. The number of hydrogen-bond acceptors (Lipinski definition) is 3. The highest BCUT2D eigenvalue weighted by Gasteiger charge is 2.21. The Balaban J connectivity index is 1.66. The highest BCUT2D eigenvalue weighted by atomic mass is 79.9. The number of aryl methyl sites for hydroxylation is 1. The number of piperidine rings is 1. The van der Waals surface area contributed by atoms with Crippen molar-refractivity contribution >= 4 is 33.3 Å². The van der Waals surface area contributed by atoms with Gasteiger partial charge in [-0.1, -0.05) is 28.9 Å². The Morgan fingerprint density at radius 3 is 2.62 bits per heavy atom. The molecule has 0 radical (unpaired) electrons. The maximum Gasteiger partial charge on any atom is 0.255 e. The molecular formula is C19H22BrN3O. The van der Waals surface area contributed by atoms with Crippen molar-refractivity contribution in [3.05, 3.63) is 52.1 Å². The number of anilines is 2. The minimum atomic E-state index is 0.0824. The number of likely N-dealkylation sites (tertiary alicyclic amines) is 1. The van der Waals surface area contributed by atoms with Gasteiger partial charge in [-0.3, -0.25) is 4.79 Å². The molecule has 5 heteroatoms. The zero-order valence-electron chi connectivity index (χ0n) is 14.1. The van der Waals surface area contributed by atoms with Gasteiger partial charge in [0, 0.05) is 29.4 Å². The summed E-state index contributed by atoms with van der Waals surface area (Å²) in [5.41, 5.74) is 2.80. The topological polar surface area (TPSA) is 45.2 Å². The molecule has 3 rings (SSSR count). The Morgan fingerprint density at radius 1 is 1.25 bits per heavy atom. The van der Waals surface area contributed by atoms with Crippen LogP contribution in [0.1, 0.15) is 35.7 Å². The summed E-state index contributed by atoms with van der Waals surface area (Å²) in [4.78, 5) is 18.8. The molecule has 1 amide bonds. The standard InChI is InChI=1S/C19H22BrN3O/c1-13-7-9-23(10-8-13)19(24)15-4-6-18(21-12-15)22-16-5-3-14(2)17(20)11-16/h3-6,11-13H,7-10H2,1-2H3,(H,21,22). The zero-order valence-corrected chi connectivity index (χ0v) is 15.6. The molecule has 0 spiro atoms. The van der Waals surface area contributed by atoms with Crippen molar-refractivity contribution in [3.8, 4) is 0 Å². The summed E-state index contributed by atoms with van der Waals surface area (Å²) < 4.78 is 1.05. The Hall–Kier alpha value is -1.88. The molecule has 0 atom stereocenters. The second kappa shape index (κ2) is 7.34. The Morgan fingerprint density at radius 2 is 2.00 bits per heavy atom. The summed E-state index contributed by atoms with van der Waals surface area (Å²) in [6.07, 6.45) is 3.83. The van der Waals surface area contributed by atoms with Crippen LogP contribution in [0.25, 0.3) is 0 Å².